The molecule has 30 heavy (non-hydrogen) atoms. The largest absolute Gasteiger partial charge is 0.416 e. The van der Waals surface area contributed by atoms with Crippen molar-refractivity contribution in [2.24, 2.45) is 10.9 Å². The lowest BCUT2D eigenvalue weighted by atomic mass is 10.1. The fourth-order valence-electron chi connectivity index (χ4n) is 3.45. The van der Waals surface area contributed by atoms with Crippen molar-refractivity contribution < 1.29 is 17.9 Å². The summed E-state index contributed by atoms with van der Waals surface area (Å²) in [7, 11) is 1.76. The van der Waals surface area contributed by atoms with Crippen LogP contribution in [0.3, 0.4) is 0 Å². The predicted octanol–water partition coefficient (Wildman–Crippen LogP) is 3.88. The number of rotatable bonds is 9. The summed E-state index contributed by atoms with van der Waals surface area (Å²) in [6.45, 7) is 4.87. The smallest absolute Gasteiger partial charge is 0.381 e. The maximum Gasteiger partial charge on any atom is 0.416 e. The zero-order valence-electron chi connectivity index (χ0n) is 17.4. The Hall–Kier alpha value is -1.07. The molecule has 0 bridgehead atoms. The van der Waals surface area contributed by atoms with Crippen molar-refractivity contribution in [2.75, 3.05) is 39.9 Å². The van der Waals surface area contributed by atoms with E-state index >= 15 is 0 Å². The summed E-state index contributed by atoms with van der Waals surface area (Å²) in [4.78, 5) is 6.53. The lowest BCUT2D eigenvalue weighted by molar-refractivity contribution is -0.137. The third-order valence-corrected chi connectivity index (χ3v) is 5.33. The number of nitrogens with zero attached hydrogens (tertiary/aromatic N) is 2. The quantitative estimate of drug-likeness (QED) is 0.216. The second kappa shape index (κ2) is 12.1. The molecule has 2 aliphatic rings. The SMILES string of the molecule is CN=C(NCCCOCC1CC1)NC1CCN(Cc2ccc(C(F)(F)F)cc2)C1.I. The van der Waals surface area contributed by atoms with Crippen molar-refractivity contribution in [1.29, 1.82) is 0 Å². The molecule has 170 valence electrons. The first kappa shape index (κ1) is 25.2. The Balaban J connectivity index is 0.00000320. The molecule has 1 aliphatic carbocycles. The van der Waals surface area contributed by atoms with E-state index < -0.39 is 11.7 Å². The van der Waals surface area contributed by atoms with Gasteiger partial charge in [-0.05, 0) is 49.3 Å². The number of ether oxygens (including phenoxy) is 1. The molecule has 1 aromatic rings. The van der Waals surface area contributed by atoms with Crippen molar-refractivity contribution in [1.82, 2.24) is 15.5 Å². The van der Waals surface area contributed by atoms with Gasteiger partial charge in [0.25, 0.3) is 0 Å². The van der Waals surface area contributed by atoms with Crippen molar-refractivity contribution in [3.8, 4) is 0 Å². The molecule has 0 amide bonds. The first-order valence-electron chi connectivity index (χ1n) is 10.4. The van der Waals surface area contributed by atoms with E-state index in [2.05, 4.69) is 20.5 Å². The van der Waals surface area contributed by atoms with Gasteiger partial charge in [0.15, 0.2) is 5.96 Å². The van der Waals surface area contributed by atoms with Crippen LogP contribution in [0.1, 0.15) is 36.8 Å². The van der Waals surface area contributed by atoms with Crippen LogP contribution < -0.4 is 10.6 Å². The highest BCUT2D eigenvalue weighted by atomic mass is 127. The number of hydrogen-bond acceptors (Lipinski definition) is 3. The highest BCUT2D eigenvalue weighted by Crippen LogP contribution is 2.29. The topological polar surface area (TPSA) is 48.9 Å². The average molecular weight is 540 g/mol. The number of likely N-dealkylation sites (tertiary alicyclic amines) is 1. The van der Waals surface area contributed by atoms with Crippen LogP contribution in [-0.2, 0) is 17.5 Å². The van der Waals surface area contributed by atoms with Crippen LogP contribution in [0.2, 0.25) is 0 Å². The van der Waals surface area contributed by atoms with Gasteiger partial charge in [0.2, 0.25) is 0 Å². The van der Waals surface area contributed by atoms with Gasteiger partial charge in [0.05, 0.1) is 5.56 Å². The first-order chi connectivity index (χ1) is 13.9. The number of hydrogen-bond donors (Lipinski definition) is 2. The summed E-state index contributed by atoms with van der Waals surface area (Å²) in [6.07, 6.45) is 0.259. The van der Waals surface area contributed by atoms with Gasteiger partial charge >= 0.3 is 6.18 Å². The molecule has 1 aromatic carbocycles. The molecule has 0 spiro atoms. The van der Waals surface area contributed by atoms with Gasteiger partial charge in [0, 0.05) is 52.5 Å². The number of benzene rings is 1. The van der Waals surface area contributed by atoms with Gasteiger partial charge in [-0.3, -0.25) is 9.89 Å². The molecule has 1 atom stereocenters. The van der Waals surface area contributed by atoms with Crippen LogP contribution >= 0.6 is 24.0 Å². The molecule has 9 heteroatoms. The predicted molar refractivity (Wildman–Crippen MR) is 123 cm³/mol. The molecule has 0 radical (unpaired) electrons. The summed E-state index contributed by atoms with van der Waals surface area (Å²) >= 11 is 0. The molecule has 1 saturated carbocycles. The maximum absolute atomic E-state index is 12.7. The van der Waals surface area contributed by atoms with Gasteiger partial charge < -0.3 is 15.4 Å². The van der Waals surface area contributed by atoms with E-state index in [0.717, 1.165) is 75.3 Å². The van der Waals surface area contributed by atoms with Gasteiger partial charge in [-0.1, -0.05) is 12.1 Å². The van der Waals surface area contributed by atoms with Crippen LogP contribution in [0.4, 0.5) is 13.2 Å². The fraction of sp³-hybridized carbons (Fsp3) is 0.667. The van der Waals surface area contributed by atoms with Crippen molar-refractivity contribution >= 4 is 29.9 Å². The molecule has 1 unspecified atom stereocenters. The van der Waals surface area contributed by atoms with Crippen LogP contribution in [0, 0.1) is 5.92 Å². The molecule has 1 aliphatic heterocycles. The molecular formula is C21H32F3IN4O. The standard InChI is InChI=1S/C21H31F3N4O.HI/c1-25-20(26-10-2-12-29-15-17-3-4-17)27-19-9-11-28(14-19)13-16-5-7-18(8-6-16)21(22,23)24;/h5-8,17,19H,2-4,9-15H2,1H3,(H2,25,26,27);1H. The van der Waals surface area contributed by atoms with E-state index in [-0.39, 0.29) is 30.0 Å². The van der Waals surface area contributed by atoms with Crippen LogP contribution in [0.5, 0.6) is 0 Å². The Morgan fingerprint density at radius 1 is 1.20 bits per heavy atom. The number of halogens is 4. The Morgan fingerprint density at radius 2 is 1.93 bits per heavy atom. The summed E-state index contributed by atoms with van der Waals surface area (Å²) < 4.78 is 43.6. The fourth-order valence-corrected chi connectivity index (χ4v) is 3.45. The Kier molecular flexibility index (Phi) is 10.2. The molecule has 3 rings (SSSR count). The second-order valence-corrected chi connectivity index (χ2v) is 7.93. The zero-order chi connectivity index (χ0) is 20.7. The van der Waals surface area contributed by atoms with E-state index in [1.807, 2.05) is 0 Å². The van der Waals surface area contributed by atoms with Gasteiger partial charge in [0.1, 0.15) is 0 Å². The molecule has 1 saturated heterocycles. The Morgan fingerprint density at radius 3 is 2.57 bits per heavy atom. The van der Waals surface area contributed by atoms with Crippen molar-refractivity contribution in [3.63, 3.8) is 0 Å². The number of aliphatic imine (C=N–C) groups is 1. The Bertz CT molecular complexity index is 665. The highest BCUT2D eigenvalue weighted by molar-refractivity contribution is 14.0. The summed E-state index contributed by atoms with van der Waals surface area (Å²) in [5.41, 5.74) is 0.294. The average Bonchev–Trinajstić information content (AvgIpc) is 3.42. The molecule has 5 nitrogen and oxygen atoms in total. The lowest BCUT2D eigenvalue weighted by Crippen LogP contribution is -2.44. The number of guanidine groups is 1. The van der Waals surface area contributed by atoms with E-state index in [9.17, 15) is 13.2 Å². The van der Waals surface area contributed by atoms with Crippen LogP contribution in [-0.4, -0.2) is 56.8 Å². The maximum atomic E-state index is 12.7. The van der Waals surface area contributed by atoms with Crippen molar-refractivity contribution in [2.45, 2.75) is 44.4 Å². The third-order valence-electron chi connectivity index (χ3n) is 5.33. The number of nitrogens with one attached hydrogen (secondary N) is 2. The van der Waals surface area contributed by atoms with Gasteiger partial charge in [-0.2, -0.15) is 13.2 Å². The van der Waals surface area contributed by atoms with Gasteiger partial charge in [-0.25, -0.2) is 0 Å². The van der Waals surface area contributed by atoms with Crippen molar-refractivity contribution in [3.05, 3.63) is 35.4 Å². The molecular weight excluding hydrogens is 508 g/mol. The number of alkyl halides is 3. The van der Waals surface area contributed by atoms with Crippen LogP contribution in [0.15, 0.2) is 29.3 Å². The highest BCUT2D eigenvalue weighted by Gasteiger charge is 2.30. The Labute approximate surface area is 193 Å². The summed E-state index contributed by atoms with van der Waals surface area (Å²) in [5.74, 6) is 1.58. The van der Waals surface area contributed by atoms with Crippen LogP contribution in [0.25, 0.3) is 0 Å². The third kappa shape index (κ3) is 8.58. The van der Waals surface area contributed by atoms with E-state index in [0.29, 0.717) is 6.54 Å². The normalized spacial score (nSPS) is 20.1. The molecule has 2 N–H and O–H groups in total. The molecule has 2 fully saturated rings. The lowest BCUT2D eigenvalue weighted by Gasteiger charge is -2.19. The summed E-state index contributed by atoms with van der Waals surface area (Å²) in [5, 5.41) is 6.76. The van der Waals surface area contributed by atoms with E-state index in [4.69, 9.17) is 4.74 Å². The van der Waals surface area contributed by atoms with Gasteiger partial charge in [-0.15, -0.1) is 24.0 Å². The van der Waals surface area contributed by atoms with E-state index in [1.165, 1.54) is 12.8 Å². The second-order valence-electron chi connectivity index (χ2n) is 7.93. The minimum absolute atomic E-state index is 0. The zero-order valence-corrected chi connectivity index (χ0v) is 19.7. The summed E-state index contributed by atoms with van der Waals surface area (Å²) in [6, 6.07) is 5.72. The first-order valence-corrected chi connectivity index (χ1v) is 10.4. The monoisotopic (exact) mass is 540 g/mol. The minimum Gasteiger partial charge on any atom is -0.381 e. The molecule has 1 heterocycles. The van der Waals surface area contributed by atoms with E-state index in [1.54, 1.807) is 19.2 Å². The molecule has 0 aromatic heterocycles. The minimum atomic E-state index is -4.28.